The largest absolute Gasteiger partial charge is 0.424 e. The molecule has 1 N–H and O–H groups in total. The van der Waals surface area contributed by atoms with Crippen LogP contribution in [0.1, 0.15) is 18.7 Å². The van der Waals surface area contributed by atoms with Crippen molar-refractivity contribution in [1.82, 2.24) is 30.2 Å². The molecule has 0 aliphatic heterocycles. The second-order valence-corrected chi connectivity index (χ2v) is 4.65. The maximum Gasteiger partial charge on any atom is 0.317 e. The van der Waals surface area contributed by atoms with Crippen LogP contribution in [0.5, 0.6) is 0 Å². The van der Waals surface area contributed by atoms with Gasteiger partial charge in [0.2, 0.25) is 11.8 Å². The zero-order chi connectivity index (χ0) is 14.5. The number of nitrogens with one attached hydrogen (secondary N) is 1. The van der Waals surface area contributed by atoms with Crippen molar-refractivity contribution in [3.63, 3.8) is 0 Å². The molecule has 8 heteroatoms. The third kappa shape index (κ3) is 3.81. The number of amides is 2. The van der Waals surface area contributed by atoms with Gasteiger partial charge in [-0.2, -0.15) is 5.10 Å². The van der Waals surface area contributed by atoms with E-state index in [0.29, 0.717) is 18.3 Å². The number of hydrogen-bond acceptors (Lipinski definition) is 5. The van der Waals surface area contributed by atoms with Crippen molar-refractivity contribution in [2.75, 3.05) is 7.05 Å². The van der Waals surface area contributed by atoms with Crippen molar-refractivity contribution in [3.05, 3.63) is 30.2 Å². The van der Waals surface area contributed by atoms with Crippen LogP contribution in [-0.2, 0) is 13.1 Å². The van der Waals surface area contributed by atoms with E-state index in [-0.39, 0.29) is 18.6 Å². The van der Waals surface area contributed by atoms with Crippen LogP contribution >= 0.6 is 0 Å². The van der Waals surface area contributed by atoms with Crippen molar-refractivity contribution < 1.29 is 9.21 Å². The van der Waals surface area contributed by atoms with Crippen LogP contribution < -0.4 is 5.32 Å². The van der Waals surface area contributed by atoms with Gasteiger partial charge in [-0.15, -0.1) is 10.2 Å². The molecule has 2 amide bonds. The molecule has 0 aliphatic rings. The zero-order valence-electron chi connectivity index (χ0n) is 11.8. The summed E-state index contributed by atoms with van der Waals surface area (Å²) in [5.74, 6) is 0.903. The van der Waals surface area contributed by atoms with Crippen molar-refractivity contribution >= 4 is 6.03 Å². The molecule has 0 aliphatic carbocycles. The van der Waals surface area contributed by atoms with Gasteiger partial charge in [0.1, 0.15) is 6.54 Å². The summed E-state index contributed by atoms with van der Waals surface area (Å²) in [6, 6.07) is 1.62. The van der Waals surface area contributed by atoms with E-state index in [0.717, 1.165) is 0 Å². The van der Waals surface area contributed by atoms with Gasteiger partial charge in [-0.05, 0) is 13.0 Å². The smallest absolute Gasteiger partial charge is 0.317 e. The molecule has 0 radical (unpaired) electrons. The molecule has 2 rings (SSSR count). The summed E-state index contributed by atoms with van der Waals surface area (Å²) in [6.45, 7) is 4.53. The van der Waals surface area contributed by atoms with Crippen molar-refractivity contribution in [1.29, 1.82) is 0 Å². The van der Waals surface area contributed by atoms with Gasteiger partial charge in [0.15, 0.2) is 0 Å². The molecular formula is C12H18N6O2. The number of rotatable bonds is 5. The monoisotopic (exact) mass is 278 g/mol. The number of hydrogen-bond donors (Lipinski definition) is 1. The van der Waals surface area contributed by atoms with Gasteiger partial charge in [0, 0.05) is 32.4 Å². The normalized spacial score (nSPS) is 12.2. The summed E-state index contributed by atoms with van der Waals surface area (Å²) < 4.78 is 7.01. The standard InChI is InChI=1S/C12H18N6O2/c1-9(7-18-6-4-5-13-18)14-12(19)17(3)8-11-16-15-10(2)20-11/h4-6,9H,7-8H2,1-3H3,(H,14,19)/t9-/m0/s1. The van der Waals surface area contributed by atoms with Crippen molar-refractivity contribution in [2.45, 2.75) is 33.0 Å². The fraction of sp³-hybridized carbons (Fsp3) is 0.500. The Bertz CT molecular complexity index is 550. The van der Waals surface area contributed by atoms with Gasteiger partial charge >= 0.3 is 6.03 Å². The predicted octanol–water partition coefficient (Wildman–Crippen LogP) is 0.805. The number of carbonyl (C=O) groups is 1. The molecule has 0 saturated carbocycles. The summed E-state index contributed by atoms with van der Waals surface area (Å²) >= 11 is 0. The van der Waals surface area contributed by atoms with Crippen LogP contribution in [0.3, 0.4) is 0 Å². The lowest BCUT2D eigenvalue weighted by molar-refractivity contribution is 0.197. The summed E-state index contributed by atoms with van der Waals surface area (Å²) in [5.41, 5.74) is 0. The van der Waals surface area contributed by atoms with E-state index >= 15 is 0 Å². The molecule has 0 aromatic carbocycles. The number of aromatic nitrogens is 4. The molecule has 2 aromatic heterocycles. The first-order chi connectivity index (χ1) is 9.54. The summed E-state index contributed by atoms with van der Waals surface area (Å²) in [6.07, 6.45) is 3.56. The maximum absolute atomic E-state index is 12.0. The van der Waals surface area contributed by atoms with E-state index in [1.54, 1.807) is 24.9 Å². The lowest BCUT2D eigenvalue weighted by Crippen LogP contribution is -2.43. The lowest BCUT2D eigenvalue weighted by Gasteiger charge is -2.20. The van der Waals surface area contributed by atoms with Crippen molar-refractivity contribution in [2.24, 2.45) is 0 Å². The molecule has 8 nitrogen and oxygen atoms in total. The van der Waals surface area contributed by atoms with E-state index in [4.69, 9.17) is 4.42 Å². The van der Waals surface area contributed by atoms with E-state index in [1.807, 2.05) is 19.2 Å². The molecule has 0 saturated heterocycles. The third-order valence-corrected chi connectivity index (χ3v) is 2.68. The molecule has 1 atom stereocenters. The van der Waals surface area contributed by atoms with Crippen LogP contribution in [0.2, 0.25) is 0 Å². The van der Waals surface area contributed by atoms with E-state index in [1.165, 1.54) is 4.90 Å². The second kappa shape index (κ2) is 6.18. The van der Waals surface area contributed by atoms with Gasteiger partial charge < -0.3 is 14.6 Å². The first kappa shape index (κ1) is 14.0. The fourth-order valence-electron chi connectivity index (χ4n) is 1.73. The number of carbonyl (C=O) groups excluding carboxylic acids is 1. The predicted molar refractivity (Wildman–Crippen MR) is 70.7 cm³/mol. The van der Waals surface area contributed by atoms with Crippen LogP contribution in [0.4, 0.5) is 4.79 Å². The first-order valence-electron chi connectivity index (χ1n) is 6.32. The van der Waals surface area contributed by atoms with Gasteiger partial charge in [0.25, 0.3) is 0 Å². The molecule has 0 bridgehead atoms. The topological polar surface area (TPSA) is 89.1 Å². The molecule has 0 unspecified atom stereocenters. The highest BCUT2D eigenvalue weighted by molar-refractivity contribution is 5.74. The Morgan fingerprint density at radius 2 is 2.35 bits per heavy atom. The maximum atomic E-state index is 12.0. The summed E-state index contributed by atoms with van der Waals surface area (Å²) in [4.78, 5) is 13.5. The Kier molecular flexibility index (Phi) is 4.34. The third-order valence-electron chi connectivity index (χ3n) is 2.68. The van der Waals surface area contributed by atoms with E-state index in [9.17, 15) is 4.79 Å². The SMILES string of the molecule is Cc1nnc(CN(C)C(=O)N[C@@H](C)Cn2cccn2)o1. The van der Waals surface area contributed by atoms with Gasteiger partial charge in [-0.1, -0.05) is 0 Å². The first-order valence-corrected chi connectivity index (χ1v) is 6.32. The minimum absolute atomic E-state index is 0.0331. The fourth-order valence-corrected chi connectivity index (χ4v) is 1.73. The Labute approximate surface area is 116 Å². The minimum atomic E-state index is -0.194. The molecule has 20 heavy (non-hydrogen) atoms. The molecule has 108 valence electrons. The molecule has 0 spiro atoms. The highest BCUT2D eigenvalue weighted by Crippen LogP contribution is 2.02. The summed E-state index contributed by atoms with van der Waals surface area (Å²) in [5, 5.41) is 14.6. The van der Waals surface area contributed by atoms with Crippen LogP contribution in [-0.4, -0.2) is 44.0 Å². The van der Waals surface area contributed by atoms with E-state index < -0.39 is 0 Å². The summed E-state index contributed by atoms with van der Waals surface area (Å²) in [7, 11) is 1.68. The molecule has 2 heterocycles. The quantitative estimate of drug-likeness (QED) is 0.874. The Morgan fingerprint density at radius 3 is 2.95 bits per heavy atom. The van der Waals surface area contributed by atoms with E-state index in [2.05, 4.69) is 20.6 Å². The molecule has 0 fully saturated rings. The van der Waals surface area contributed by atoms with Crippen molar-refractivity contribution in [3.8, 4) is 0 Å². The average molecular weight is 278 g/mol. The van der Waals surface area contributed by atoms with Crippen LogP contribution in [0.15, 0.2) is 22.9 Å². The van der Waals surface area contributed by atoms with Gasteiger partial charge in [0.05, 0.1) is 6.54 Å². The van der Waals surface area contributed by atoms with Gasteiger partial charge in [-0.3, -0.25) is 4.68 Å². The zero-order valence-corrected chi connectivity index (χ0v) is 11.8. The second-order valence-electron chi connectivity index (χ2n) is 4.65. The minimum Gasteiger partial charge on any atom is -0.424 e. The Morgan fingerprint density at radius 1 is 1.55 bits per heavy atom. The number of aryl methyl sites for hydroxylation is 1. The highest BCUT2D eigenvalue weighted by Gasteiger charge is 2.15. The molecule has 2 aromatic rings. The Balaban J connectivity index is 1.81. The van der Waals surface area contributed by atoms with Gasteiger partial charge in [-0.25, -0.2) is 4.79 Å². The average Bonchev–Trinajstić information content (AvgIpc) is 3.01. The Hall–Kier alpha value is -2.38. The number of nitrogens with zero attached hydrogens (tertiary/aromatic N) is 5. The van der Waals surface area contributed by atoms with Crippen LogP contribution in [0, 0.1) is 6.92 Å². The van der Waals surface area contributed by atoms with Crippen LogP contribution in [0.25, 0.3) is 0 Å². The number of urea groups is 1. The lowest BCUT2D eigenvalue weighted by atomic mass is 10.3. The molecular weight excluding hydrogens is 260 g/mol. The highest BCUT2D eigenvalue weighted by atomic mass is 16.4.